The minimum atomic E-state index is -0.870. The molecule has 1 nitrogen and oxygen atoms in total. The van der Waals surface area contributed by atoms with E-state index in [0.29, 0.717) is 5.04 Å². The van der Waals surface area contributed by atoms with Crippen LogP contribution in [0.2, 0.25) is 11.1 Å². The van der Waals surface area contributed by atoms with Crippen LogP contribution in [0.3, 0.4) is 0 Å². The van der Waals surface area contributed by atoms with Gasteiger partial charge in [0, 0.05) is 0 Å². The Balaban J connectivity index is 3.62. The van der Waals surface area contributed by atoms with E-state index < -0.39 is 8.96 Å². The number of nitrogens with two attached hydrogens (primary N) is 1. The minimum Gasteiger partial charge on any atom is -0.353 e. The van der Waals surface area contributed by atoms with Crippen LogP contribution >= 0.6 is 0 Å². The van der Waals surface area contributed by atoms with E-state index in [9.17, 15) is 0 Å². The molecule has 0 radical (unpaired) electrons. The van der Waals surface area contributed by atoms with Crippen molar-refractivity contribution in [3.8, 4) is 0 Å². The van der Waals surface area contributed by atoms with E-state index in [1.54, 1.807) is 0 Å². The lowest BCUT2D eigenvalue weighted by atomic mass is 10.2. The second kappa shape index (κ2) is 2.64. The molecule has 0 amide bonds. The summed E-state index contributed by atoms with van der Waals surface area (Å²) in [6.07, 6.45) is 0. The molecule has 0 spiro atoms. The minimum absolute atomic E-state index is 0.425. The Morgan fingerprint density at radius 3 is 1.75 bits per heavy atom. The molecule has 2 N–H and O–H groups in total. The van der Waals surface area contributed by atoms with Gasteiger partial charge < -0.3 is 5.40 Å². The Labute approximate surface area is 54.0 Å². The third-order valence-corrected chi connectivity index (χ3v) is 4.66. The van der Waals surface area contributed by atoms with Gasteiger partial charge in [-0.2, -0.15) is 0 Å². The third-order valence-electron chi connectivity index (χ3n) is 1.55. The van der Waals surface area contributed by atoms with E-state index in [4.69, 9.17) is 5.40 Å². The highest BCUT2D eigenvalue weighted by molar-refractivity contribution is 6.58. The van der Waals surface area contributed by atoms with Crippen molar-refractivity contribution in [3.63, 3.8) is 0 Å². The van der Waals surface area contributed by atoms with Crippen LogP contribution in [0.1, 0.15) is 27.7 Å². The molecular formula is C6H17NSi. The van der Waals surface area contributed by atoms with Crippen LogP contribution in [0, 0.1) is 0 Å². The molecule has 8 heavy (non-hydrogen) atoms. The number of hydrogen-bond donors (Lipinski definition) is 1. The normalized spacial score (nSPS) is 16.1. The topological polar surface area (TPSA) is 26.0 Å². The molecular weight excluding hydrogens is 114 g/mol. The Bertz CT molecular complexity index is 65.4. The summed E-state index contributed by atoms with van der Waals surface area (Å²) >= 11 is 0. The van der Waals surface area contributed by atoms with E-state index >= 15 is 0 Å². The summed E-state index contributed by atoms with van der Waals surface area (Å²) in [7, 11) is -0.870. The van der Waals surface area contributed by atoms with Crippen LogP contribution < -0.4 is 5.40 Å². The van der Waals surface area contributed by atoms with Crippen molar-refractivity contribution in [2.45, 2.75) is 38.8 Å². The molecule has 0 aliphatic heterocycles. The van der Waals surface area contributed by atoms with Gasteiger partial charge in [-0.15, -0.1) is 0 Å². The number of rotatable bonds is 1. The molecule has 0 aromatic heterocycles. The molecule has 1 atom stereocenters. The summed E-state index contributed by atoms with van der Waals surface area (Å²) in [6.45, 7) is 8.87. The highest BCUT2D eigenvalue weighted by atomic mass is 28.3. The fourth-order valence-electron chi connectivity index (χ4n) is 0.612. The Kier molecular flexibility index (Phi) is 2.70. The predicted octanol–water partition coefficient (Wildman–Crippen LogP) is 1.49. The first-order valence-electron chi connectivity index (χ1n) is 3.24. The van der Waals surface area contributed by atoms with Crippen molar-refractivity contribution in [1.29, 1.82) is 0 Å². The Hall–Kier alpha value is 0.177. The van der Waals surface area contributed by atoms with Crippen molar-refractivity contribution in [2.75, 3.05) is 0 Å². The summed E-state index contributed by atoms with van der Waals surface area (Å²) in [6, 6.07) is 1.21. The van der Waals surface area contributed by atoms with E-state index in [2.05, 4.69) is 27.7 Å². The van der Waals surface area contributed by atoms with Gasteiger partial charge in [0.15, 0.2) is 0 Å². The lowest BCUT2D eigenvalue weighted by Crippen LogP contribution is -2.34. The number of hydrogen-bond acceptors (Lipinski definition) is 1. The van der Waals surface area contributed by atoms with Gasteiger partial charge in [-0.3, -0.25) is 0 Å². The second-order valence-electron chi connectivity index (χ2n) is 3.38. The molecule has 0 fully saturated rings. The third kappa shape index (κ3) is 2.48. The summed E-state index contributed by atoms with van der Waals surface area (Å²) in [5.74, 6) is 0. The summed E-state index contributed by atoms with van der Waals surface area (Å²) in [5, 5.41) is 6.31. The Morgan fingerprint density at radius 1 is 1.38 bits per heavy atom. The molecule has 50 valence electrons. The second-order valence-corrected chi connectivity index (χ2v) is 7.14. The van der Waals surface area contributed by atoms with E-state index in [0.717, 1.165) is 0 Å². The summed E-state index contributed by atoms with van der Waals surface area (Å²) < 4.78 is 0. The largest absolute Gasteiger partial charge is 0.353 e. The maximum absolute atomic E-state index is 5.89. The van der Waals surface area contributed by atoms with Gasteiger partial charge in [0.2, 0.25) is 0 Å². The fourth-order valence-corrected chi connectivity index (χ4v) is 1.84. The molecule has 0 aromatic rings. The van der Waals surface area contributed by atoms with E-state index in [1.165, 1.54) is 6.04 Å². The summed E-state index contributed by atoms with van der Waals surface area (Å²) in [4.78, 5) is 0. The van der Waals surface area contributed by atoms with Crippen LogP contribution in [0.15, 0.2) is 0 Å². The Morgan fingerprint density at radius 2 is 1.75 bits per heavy atom. The van der Waals surface area contributed by atoms with Gasteiger partial charge in [-0.05, 0) is 11.1 Å². The highest BCUT2D eigenvalue weighted by Crippen LogP contribution is 2.25. The SMILES string of the molecule is CC[SiH](N)C(C)(C)C. The van der Waals surface area contributed by atoms with Crippen molar-refractivity contribution >= 4 is 8.96 Å². The van der Waals surface area contributed by atoms with Crippen LogP contribution in [0.25, 0.3) is 0 Å². The first-order chi connectivity index (χ1) is 3.48. The lowest BCUT2D eigenvalue weighted by molar-refractivity contribution is 0.730. The van der Waals surface area contributed by atoms with E-state index in [-0.39, 0.29) is 0 Å². The molecule has 2 heteroatoms. The smallest absolute Gasteiger partial charge is 0.111 e. The zero-order valence-corrected chi connectivity index (χ0v) is 7.52. The van der Waals surface area contributed by atoms with Gasteiger partial charge in [0.1, 0.15) is 8.96 Å². The van der Waals surface area contributed by atoms with Crippen LogP contribution in [0.5, 0.6) is 0 Å². The molecule has 0 saturated carbocycles. The molecule has 0 aliphatic rings. The van der Waals surface area contributed by atoms with Crippen LogP contribution in [-0.2, 0) is 0 Å². The monoisotopic (exact) mass is 131 g/mol. The predicted molar refractivity (Wildman–Crippen MR) is 41.5 cm³/mol. The molecule has 0 saturated heterocycles. The zero-order valence-electron chi connectivity index (χ0n) is 6.36. The fraction of sp³-hybridized carbons (Fsp3) is 1.00. The maximum atomic E-state index is 5.89. The molecule has 0 aromatic carbocycles. The zero-order chi connectivity index (χ0) is 6.78. The van der Waals surface area contributed by atoms with Crippen molar-refractivity contribution in [1.82, 2.24) is 0 Å². The molecule has 0 aliphatic carbocycles. The van der Waals surface area contributed by atoms with Gasteiger partial charge in [0.25, 0.3) is 0 Å². The average molecular weight is 131 g/mol. The first-order valence-corrected chi connectivity index (χ1v) is 5.30. The van der Waals surface area contributed by atoms with Crippen LogP contribution in [-0.4, -0.2) is 8.96 Å². The van der Waals surface area contributed by atoms with Crippen LogP contribution in [0.4, 0.5) is 0 Å². The quantitative estimate of drug-likeness (QED) is 0.536. The van der Waals surface area contributed by atoms with Gasteiger partial charge >= 0.3 is 0 Å². The molecule has 0 rings (SSSR count). The standard InChI is InChI=1S/C6H17NSi/c1-5-8(7)6(2,3)4/h8H,5,7H2,1-4H3. The van der Waals surface area contributed by atoms with Gasteiger partial charge in [-0.25, -0.2) is 0 Å². The average Bonchev–Trinajstić information content (AvgIpc) is 1.62. The summed E-state index contributed by atoms with van der Waals surface area (Å²) in [5.41, 5.74) is 0. The molecule has 0 bridgehead atoms. The first kappa shape index (κ1) is 8.18. The van der Waals surface area contributed by atoms with Crippen molar-refractivity contribution in [2.24, 2.45) is 5.40 Å². The molecule has 1 unspecified atom stereocenters. The van der Waals surface area contributed by atoms with Gasteiger partial charge in [-0.1, -0.05) is 27.7 Å². The lowest BCUT2D eigenvalue weighted by Gasteiger charge is -2.23. The van der Waals surface area contributed by atoms with Gasteiger partial charge in [0.05, 0.1) is 0 Å². The van der Waals surface area contributed by atoms with E-state index in [1.807, 2.05) is 0 Å². The maximum Gasteiger partial charge on any atom is 0.111 e. The van der Waals surface area contributed by atoms with Crippen molar-refractivity contribution in [3.05, 3.63) is 0 Å². The van der Waals surface area contributed by atoms with Crippen molar-refractivity contribution < 1.29 is 0 Å². The highest BCUT2D eigenvalue weighted by Gasteiger charge is 2.19. The molecule has 0 heterocycles.